The molecule has 0 spiro atoms. The number of rotatable bonds is 2. The van der Waals surface area contributed by atoms with Crippen LogP contribution in [0.4, 0.5) is 4.39 Å². The van der Waals surface area contributed by atoms with Crippen LogP contribution in [-0.2, 0) is 4.74 Å². The summed E-state index contributed by atoms with van der Waals surface area (Å²) in [6.45, 7) is 1.16. The van der Waals surface area contributed by atoms with Gasteiger partial charge in [0.25, 0.3) is 5.91 Å². The number of hydrogen-bond donors (Lipinski definition) is 1. The number of carbonyl (C=O) groups excluding carboxylic acids is 1. The van der Waals surface area contributed by atoms with Gasteiger partial charge in [-0.05, 0) is 47.2 Å². The van der Waals surface area contributed by atoms with Gasteiger partial charge in [-0.1, -0.05) is 0 Å². The normalized spacial score (nSPS) is 19.8. The van der Waals surface area contributed by atoms with E-state index in [4.69, 9.17) is 4.74 Å². The van der Waals surface area contributed by atoms with Gasteiger partial charge in [0, 0.05) is 10.2 Å². The summed E-state index contributed by atoms with van der Waals surface area (Å²) in [7, 11) is 0. The Bertz CT molecular complexity index is 405. The van der Waals surface area contributed by atoms with Crippen LogP contribution in [0, 0.1) is 9.39 Å². The van der Waals surface area contributed by atoms with E-state index in [1.54, 1.807) is 12.1 Å². The number of carbonyl (C=O) groups is 1. The predicted octanol–water partition coefficient (Wildman–Crippen LogP) is 1.95. The van der Waals surface area contributed by atoms with Crippen molar-refractivity contribution in [2.45, 2.75) is 12.5 Å². The molecule has 1 heterocycles. The monoisotopic (exact) mass is 335 g/mol. The first-order chi connectivity index (χ1) is 7.66. The lowest BCUT2D eigenvalue weighted by atomic mass is 10.1. The average Bonchev–Trinajstić information content (AvgIpc) is 2.74. The third-order valence-electron chi connectivity index (χ3n) is 2.44. The minimum Gasteiger partial charge on any atom is -0.379 e. The molecule has 2 rings (SSSR count). The molecule has 1 saturated heterocycles. The van der Waals surface area contributed by atoms with Gasteiger partial charge >= 0.3 is 0 Å². The molecule has 1 N–H and O–H groups in total. The fourth-order valence-corrected chi connectivity index (χ4v) is 2.07. The van der Waals surface area contributed by atoms with E-state index in [2.05, 4.69) is 5.32 Å². The van der Waals surface area contributed by atoms with Crippen LogP contribution < -0.4 is 5.32 Å². The number of hydrogen-bond acceptors (Lipinski definition) is 2. The molecule has 0 bridgehead atoms. The zero-order valence-corrected chi connectivity index (χ0v) is 10.7. The van der Waals surface area contributed by atoms with Crippen LogP contribution in [0.5, 0.6) is 0 Å². The van der Waals surface area contributed by atoms with Gasteiger partial charge in [0.05, 0.1) is 18.2 Å². The second-order valence-corrected chi connectivity index (χ2v) is 4.90. The molecule has 0 radical (unpaired) electrons. The molecule has 1 unspecified atom stereocenters. The highest BCUT2D eigenvalue weighted by Crippen LogP contribution is 2.13. The summed E-state index contributed by atoms with van der Waals surface area (Å²) in [4.78, 5) is 11.8. The van der Waals surface area contributed by atoms with E-state index >= 15 is 0 Å². The number of nitrogens with one attached hydrogen (secondary N) is 1. The van der Waals surface area contributed by atoms with Gasteiger partial charge in [-0.3, -0.25) is 4.79 Å². The Hall–Kier alpha value is -0.690. The molecule has 0 aliphatic carbocycles. The molecule has 1 aliphatic rings. The van der Waals surface area contributed by atoms with E-state index < -0.39 is 5.82 Å². The number of halogens is 2. The van der Waals surface area contributed by atoms with Gasteiger partial charge in [0.15, 0.2) is 0 Å². The number of benzene rings is 1. The third-order valence-corrected chi connectivity index (χ3v) is 3.11. The van der Waals surface area contributed by atoms with Gasteiger partial charge < -0.3 is 10.1 Å². The molecule has 16 heavy (non-hydrogen) atoms. The van der Waals surface area contributed by atoms with Gasteiger partial charge in [-0.2, -0.15) is 0 Å². The Morgan fingerprint density at radius 1 is 1.56 bits per heavy atom. The van der Waals surface area contributed by atoms with Crippen molar-refractivity contribution in [1.29, 1.82) is 0 Å². The molecule has 1 fully saturated rings. The summed E-state index contributed by atoms with van der Waals surface area (Å²) in [6, 6.07) is 4.48. The highest BCUT2D eigenvalue weighted by Gasteiger charge is 2.20. The van der Waals surface area contributed by atoms with Crippen LogP contribution in [0.25, 0.3) is 0 Å². The molecule has 1 atom stereocenters. The van der Waals surface area contributed by atoms with Gasteiger partial charge in [-0.25, -0.2) is 4.39 Å². The van der Waals surface area contributed by atoms with Crippen LogP contribution in [-0.4, -0.2) is 25.2 Å². The topological polar surface area (TPSA) is 38.3 Å². The van der Waals surface area contributed by atoms with Gasteiger partial charge in [0.1, 0.15) is 5.82 Å². The van der Waals surface area contributed by atoms with Crippen molar-refractivity contribution in [2.24, 2.45) is 0 Å². The maximum absolute atomic E-state index is 13.4. The zero-order chi connectivity index (χ0) is 11.5. The molecule has 5 heteroatoms. The summed E-state index contributed by atoms with van der Waals surface area (Å²) in [6.07, 6.45) is 0.789. The lowest BCUT2D eigenvalue weighted by molar-refractivity contribution is 0.0926. The van der Waals surface area contributed by atoms with Crippen molar-refractivity contribution in [1.82, 2.24) is 5.32 Å². The smallest absolute Gasteiger partial charge is 0.254 e. The molecule has 1 aromatic rings. The second kappa shape index (κ2) is 5.09. The Labute approximate surface area is 107 Å². The minimum absolute atomic E-state index is 0.00441. The van der Waals surface area contributed by atoms with E-state index in [-0.39, 0.29) is 17.5 Å². The molecular weight excluding hydrogens is 324 g/mol. The number of ether oxygens (including phenoxy) is 1. The summed E-state index contributed by atoms with van der Waals surface area (Å²) in [5.41, 5.74) is 0.0961. The third kappa shape index (κ3) is 2.70. The van der Waals surface area contributed by atoms with Crippen LogP contribution in [0.1, 0.15) is 16.8 Å². The van der Waals surface area contributed by atoms with Crippen molar-refractivity contribution in [3.05, 3.63) is 33.1 Å². The van der Waals surface area contributed by atoms with Gasteiger partial charge in [0.2, 0.25) is 0 Å². The molecule has 0 saturated carbocycles. The molecule has 86 valence electrons. The van der Waals surface area contributed by atoms with E-state index in [1.165, 1.54) is 6.07 Å². The minimum atomic E-state index is -0.489. The van der Waals surface area contributed by atoms with Crippen molar-refractivity contribution >= 4 is 28.5 Å². The fourth-order valence-electron chi connectivity index (χ4n) is 1.58. The highest BCUT2D eigenvalue weighted by molar-refractivity contribution is 14.1. The van der Waals surface area contributed by atoms with E-state index in [0.717, 1.165) is 9.99 Å². The highest BCUT2D eigenvalue weighted by atomic mass is 127. The van der Waals surface area contributed by atoms with Gasteiger partial charge in [-0.15, -0.1) is 0 Å². The quantitative estimate of drug-likeness (QED) is 0.839. The Morgan fingerprint density at radius 3 is 3.06 bits per heavy atom. The zero-order valence-electron chi connectivity index (χ0n) is 8.50. The Balaban J connectivity index is 2.10. The van der Waals surface area contributed by atoms with E-state index in [1.807, 2.05) is 22.6 Å². The average molecular weight is 335 g/mol. The van der Waals surface area contributed by atoms with Crippen molar-refractivity contribution < 1.29 is 13.9 Å². The molecular formula is C11H11FINO2. The van der Waals surface area contributed by atoms with Crippen molar-refractivity contribution in [3.8, 4) is 0 Å². The maximum Gasteiger partial charge on any atom is 0.254 e. The van der Waals surface area contributed by atoms with Crippen molar-refractivity contribution in [3.63, 3.8) is 0 Å². The summed E-state index contributed by atoms with van der Waals surface area (Å²) in [5, 5.41) is 2.76. The second-order valence-electron chi connectivity index (χ2n) is 3.66. The summed E-state index contributed by atoms with van der Waals surface area (Å²) >= 11 is 2.05. The summed E-state index contributed by atoms with van der Waals surface area (Å²) < 4.78 is 19.4. The lowest BCUT2D eigenvalue weighted by Crippen LogP contribution is -2.35. The first kappa shape index (κ1) is 11.8. The number of amides is 1. The first-order valence-electron chi connectivity index (χ1n) is 5.00. The standard InChI is InChI=1S/C11H11FINO2/c12-10-2-1-7(13)5-9(10)11(15)14-8-3-4-16-6-8/h1-2,5,8H,3-4,6H2,(H,14,15). The molecule has 0 aromatic heterocycles. The first-order valence-corrected chi connectivity index (χ1v) is 6.08. The van der Waals surface area contributed by atoms with Crippen LogP contribution in [0.2, 0.25) is 0 Å². The molecule has 1 amide bonds. The largest absolute Gasteiger partial charge is 0.379 e. The fraction of sp³-hybridized carbons (Fsp3) is 0.364. The molecule has 1 aromatic carbocycles. The molecule has 1 aliphatic heterocycles. The SMILES string of the molecule is O=C(NC1CCOC1)c1cc(I)ccc1F. The van der Waals surface area contributed by atoms with Crippen molar-refractivity contribution in [2.75, 3.05) is 13.2 Å². The lowest BCUT2D eigenvalue weighted by Gasteiger charge is -2.11. The Morgan fingerprint density at radius 2 is 2.38 bits per heavy atom. The maximum atomic E-state index is 13.4. The summed E-state index contributed by atoms with van der Waals surface area (Å²) in [5.74, 6) is -0.858. The Kier molecular flexibility index (Phi) is 3.75. The van der Waals surface area contributed by atoms with E-state index in [9.17, 15) is 9.18 Å². The van der Waals surface area contributed by atoms with Crippen LogP contribution >= 0.6 is 22.6 Å². The van der Waals surface area contributed by atoms with Crippen LogP contribution in [0.3, 0.4) is 0 Å². The molecule has 3 nitrogen and oxygen atoms in total. The predicted molar refractivity (Wildman–Crippen MR) is 65.8 cm³/mol. The van der Waals surface area contributed by atoms with Crippen LogP contribution in [0.15, 0.2) is 18.2 Å². The van der Waals surface area contributed by atoms with E-state index in [0.29, 0.717) is 13.2 Å².